The van der Waals surface area contributed by atoms with Gasteiger partial charge in [0.25, 0.3) is 0 Å². The number of aryl methyl sites for hydroxylation is 1. The van der Waals surface area contributed by atoms with E-state index >= 15 is 0 Å². The van der Waals surface area contributed by atoms with E-state index in [1.165, 1.54) is 37.7 Å². The van der Waals surface area contributed by atoms with Crippen LogP contribution in [0, 0.1) is 6.92 Å². The van der Waals surface area contributed by atoms with Crippen LogP contribution in [-0.4, -0.2) is 9.97 Å². The van der Waals surface area contributed by atoms with E-state index in [1.54, 1.807) is 0 Å². The van der Waals surface area contributed by atoms with E-state index in [1.807, 2.05) is 0 Å². The predicted molar refractivity (Wildman–Crippen MR) is 69.7 cm³/mol. The first-order valence-corrected chi connectivity index (χ1v) is 7.04. The molecule has 1 heterocycles. The van der Waals surface area contributed by atoms with Crippen LogP contribution in [0.4, 0.5) is 0 Å². The lowest BCUT2D eigenvalue weighted by molar-refractivity contribution is 0.427. The van der Waals surface area contributed by atoms with Gasteiger partial charge in [-0.25, -0.2) is 9.97 Å². The second kappa shape index (κ2) is 5.26. The van der Waals surface area contributed by atoms with Crippen LogP contribution in [0.3, 0.4) is 0 Å². The smallest absolute Gasteiger partial charge is 0.132 e. The summed E-state index contributed by atoms with van der Waals surface area (Å²) in [7, 11) is 0. The average molecular weight is 283 g/mol. The summed E-state index contributed by atoms with van der Waals surface area (Å²) in [5, 5.41) is 0. The SMILES string of the molecule is CCc1c(C)nc(C2CCCCC2)nc1Br. The summed E-state index contributed by atoms with van der Waals surface area (Å²) >= 11 is 3.57. The Morgan fingerprint density at radius 1 is 1.19 bits per heavy atom. The third kappa shape index (κ3) is 2.45. The maximum atomic E-state index is 4.69. The highest BCUT2D eigenvalue weighted by atomic mass is 79.9. The van der Waals surface area contributed by atoms with Gasteiger partial charge in [0.1, 0.15) is 10.4 Å². The summed E-state index contributed by atoms with van der Waals surface area (Å²) in [6.45, 7) is 4.24. The van der Waals surface area contributed by atoms with Crippen molar-refractivity contribution in [2.24, 2.45) is 0 Å². The van der Waals surface area contributed by atoms with E-state index < -0.39 is 0 Å². The van der Waals surface area contributed by atoms with Gasteiger partial charge in [0.15, 0.2) is 0 Å². The molecular formula is C13H19BrN2. The van der Waals surface area contributed by atoms with Gasteiger partial charge < -0.3 is 0 Å². The first-order chi connectivity index (χ1) is 7.72. The molecule has 0 aliphatic heterocycles. The lowest BCUT2D eigenvalue weighted by atomic mass is 9.88. The molecule has 16 heavy (non-hydrogen) atoms. The Morgan fingerprint density at radius 2 is 1.88 bits per heavy atom. The van der Waals surface area contributed by atoms with Crippen molar-refractivity contribution in [3.05, 3.63) is 21.7 Å². The van der Waals surface area contributed by atoms with E-state index in [0.717, 1.165) is 22.5 Å². The van der Waals surface area contributed by atoms with Crippen molar-refractivity contribution < 1.29 is 0 Å². The monoisotopic (exact) mass is 282 g/mol. The van der Waals surface area contributed by atoms with Crippen LogP contribution in [0.15, 0.2) is 4.60 Å². The molecule has 0 atom stereocenters. The zero-order valence-electron chi connectivity index (χ0n) is 10.1. The van der Waals surface area contributed by atoms with Crippen LogP contribution in [0.1, 0.15) is 62.0 Å². The van der Waals surface area contributed by atoms with Gasteiger partial charge in [-0.15, -0.1) is 0 Å². The first-order valence-electron chi connectivity index (χ1n) is 6.25. The van der Waals surface area contributed by atoms with E-state index in [0.29, 0.717) is 5.92 Å². The fourth-order valence-electron chi connectivity index (χ4n) is 2.53. The molecule has 1 aromatic rings. The van der Waals surface area contributed by atoms with Crippen LogP contribution in [0.5, 0.6) is 0 Å². The number of halogens is 1. The van der Waals surface area contributed by atoms with Crippen molar-refractivity contribution in [2.75, 3.05) is 0 Å². The Hall–Kier alpha value is -0.440. The van der Waals surface area contributed by atoms with Gasteiger partial charge in [0.2, 0.25) is 0 Å². The maximum absolute atomic E-state index is 4.69. The summed E-state index contributed by atoms with van der Waals surface area (Å²) in [6.07, 6.45) is 7.57. The molecule has 2 rings (SSSR count). The van der Waals surface area contributed by atoms with Crippen LogP contribution in [-0.2, 0) is 6.42 Å². The molecule has 88 valence electrons. The van der Waals surface area contributed by atoms with Gasteiger partial charge in [0, 0.05) is 17.2 Å². The van der Waals surface area contributed by atoms with Crippen molar-refractivity contribution >= 4 is 15.9 Å². The first kappa shape index (κ1) is 12.0. The predicted octanol–water partition coefficient (Wildman–Crippen LogP) is 4.16. The Balaban J connectivity index is 2.28. The van der Waals surface area contributed by atoms with Gasteiger partial charge in [-0.3, -0.25) is 0 Å². The molecule has 0 radical (unpaired) electrons. The van der Waals surface area contributed by atoms with Crippen molar-refractivity contribution in [3.63, 3.8) is 0 Å². The topological polar surface area (TPSA) is 25.8 Å². The highest BCUT2D eigenvalue weighted by Gasteiger charge is 2.19. The molecule has 0 unspecified atom stereocenters. The fraction of sp³-hybridized carbons (Fsp3) is 0.692. The molecule has 0 aromatic carbocycles. The van der Waals surface area contributed by atoms with E-state index in [2.05, 4.69) is 39.7 Å². The van der Waals surface area contributed by atoms with Crippen LogP contribution < -0.4 is 0 Å². The van der Waals surface area contributed by atoms with Crippen LogP contribution in [0.25, 0.3) is 0 Å². The van der Waals surface area contributed by atoms with Gasteiger partial charge in [0.05, 0.1) is 0 Å². The van der Waals surface area contributed by atoms with E-state index in [-0.39, 0.29) is 0 Å². The van der Waals surface area contributed by atoms with Crippen LogP contribution >= 0.6 is 15.9 Å². The summed E-state index contributed by atoms with van der Waals surface area (Å²) < 4.78 is 1.00. The molecule has 3 heteroatoms. The van der Waals surface area contributed by atoms with Gasteiger partial charge in [-0.1, -0.05) is 26.2 Å². The Labute approximate surface area is 106 Å². The molecule has 0 spiro atoms. The Kier molecular flexibility index (Phi) is 3.95. The summed E-state index contributed by atoms with van der Waals surface area (Å²) in [6, 6.07) is 0. The highest BCUT2D eigenvalue weighted by Crippen LogP contribution is 2.32. The van der Waals surface area contributed by atoms with Crippen molar-refractivity contribution in [3.8, 4) is 0 Å². The summed E-state index contributed by atoms with van der Waals surface area (Å²) in [5.41, 5.74) is 2.39. The number of rotatable bonds is 2. The molecule has 0 N–H and O–H groups in total. The molecule has 0 amide bonds. The minimum absolute atomic E-state index is 0.592. The second-order valence-electron chi connectivity index (χ2n) is 4.63. The molecule has 1 saturated carbocycles. The van der Waals surface area contributed by atoms with Crippen LogP contribution in [0.2, 0.25) is 0 Å². The Morgan fingerprint density at radius 3 is 2.44 bits per heavy atom. The second-order valence-corrected chi connectivity index (χ2v) is 5.38. The third-order valence-electron chi connectivity index (χ3n) is 3.50. The molecular weight excluding hydrogens is 264 g/mol. The zero-order valence-corrected chi connectivity index (χ0v) is 11.7. The van der Waals surface area contributed by atoms with E-state index in [4.69, 9.17) is 0 Å². The number of aromatic nitrogens is 2. The molecule has 0 saturated heterocycles. The summed E-state index contributed by atoms with van der Waals surface area (Å²) in [5.74, 6) is 1.65. The highest BCUT2D eigenvalue weighted by molar-refractivity contribution is 9.10. The molecule has 0 bridgehead atoms. The third-order valence-corrected chi connectivity index (χ3v) is 4.16. The largest absolute Gasteiger partial charge is 0.238 e. The number of hydrogen-bond acceptors (Lipinski definition) is 2. The Bertz CT molecular complexity index is 347. The van der Waals surface area contributed by atoms with Crippen molar-refractivity contribution in [2.45, 2.75) is 58.3 Å². The molecule has 1 aromatic heterocycles. The maximum Gasteiger partial charge on any atom is 0.132 e. The average Bonchev–Trinajstić information content (AvgIpc) is 2.30. The summed E-state index contributed by atoms with van der Waals surface area (Å²) in [4.78, 5) is 9.32. The van der Waals surface area contributed by atoms with Crippen molar-refractivity contribution in [1.82, 2.24) is 9.97 Å². The molecule has 1 aliphatic carbocycles. The van der Waals surface area contributed by atoms with Gasteiger partial charge in [-0.05, 0) is 42.1 Å². The minimum atomic E-state index is 0.592. The van der Waals surface area contributed by atoms with Gasteiger partial charge in [-0.2, -0.15) is 0 Å². The number of nitrogens with zero attached hydrogens (tertiary/aromatic N) is 2. The molecule has 2 nitrogen and oxygen atoms in total. The zero-order chi connectivity index (χ0) is 11.5. The van der Waals surface area contributed by atoms with Gasteiger partial charge >= 0.3 is 0 Å². The lowest BCUT2D eigenvalue weighted by Crippen LogP contribution is -2.11. The molecule has 1 aliphatic rings. The standard InChI is InChI=1S/C13H19BrN2/c1-3-11-9(2)15-13(16-12(11)14)10-7-5-4-6-8-10/h10H,3-8H2,1-2H3. The van der Waals surface area contributed by atoms with Crippen molar-refractivity contribution in [1.29, 1.82) is 0 Å². The minimum Gasteiger partial charge on any atom is -0.238 e. The normalized spacial score (nSPS) is 17.7. The van der Waals surface area contributed by atoms with E-state index in [9.17, 15) is 0 Å². The lowest BCUT2D eigenvalue weighted by Gasteiger charge is -2.21. The quantitative estimate of drug-likeness (QED) is 0.762. The number of hydrogen-bond donors (Lipinski definition) is 0. The molecule has 1 fully saturated rings. The fourth-order valence-corrected chi connectivity index (χ4v) is 3.28.